The number of aromatic nitrogens is 5. The highest BCUT2D eigenvalue weighted by Gasteiger charge is 2.47. The molecular weight excluding hydrogens is 508 g/mol. The van der Waals surface area contributed by atoms with Crippen molar-refractivity contribution in [1.29, 1.82) is 0 Å². The summed E-state index contributed by atoms with van der Waals surface area (Å²) < 4.78 is 32.3. The topological polar surface area (TPSA) is 144 Å². The molecule has 0 bridgehead atoms. The third kappa shape index (κ3) is 5.20. The Kier molecular flexibility index (Phi) is 7.05. The van der Waals surface area contributed by atoms with Gasteiger partial charge < -0.3 is 15.0 Å². The van der Waals surface area contributed by atoms with Crippen LogP contribution in [-0.2, 0) is 26.4 Å². The summed E-state index contributed by atoms with van der Waals surface area (Å²) in [6, 6.07) is 4.90. The molecule has 1 aliphatic heterocycles. The van der Waals surface area contributed by atoms with Crippen molar-refractivity contribution in [3.63, 3.8) is 0 Å². The molecule has 1 saturated carbocycles. The first-order valence-corrected chi connectivity index (χ1v) is 14.5. The molecule has 38 heavy (non-hydrogen) atoms. The molecule has 2 N–H and O–H groups in total. The number of anilines is 3. The van der Waals surface area contributed by atoms with Crippen LogP contribution >= 0.6 is 0 Å². The monoisotopic (exact) mass is 540 g/mol. The average molecular weight is 541 g/mol. The van der Waals surface area contributed by atoms with Crippen LogP contribution in [0.4, 0.5) is 22.1 Å². The van der Waals surface area contributed by atoms with E-state index in [1.807, 2.05) is 6.07 Å². The van der Waals surface area contributed by atoms with E-state index in [0.29, 0.717) is 67.0 Å². The number of morpholine rings is 1. The van der Waals surface area contributed by atoms with E-state index in [2.05, 4.69) is 32.5 Å². The fourth-order valence-corrected chi connectivity index (χ4v) is 6.65. The zero-order valence-corrected chi connectivity index (χ0v) is 22.5. The van der Waals surface area contributed by atoms with Crippen molar-refractivity contribution < 1.29 is 17.9 Å². The average Bonchev–Trinajstić information content (AvgIpc) is 3.54. The Bertz CT molecular complexity index is 1420. The van der Waals surface area contributed by atoms with Crippen molar-refractivity contribution in [2.45, 2.75) is 43.4 Å². The number of ether oxygens (including phenoxy) is 1. The van der Waals surface area contributed by atoms with Gasteiger partial charge in [0.15, 0.2) is 15.7 Å². The first-order chi connectivity index (χ1) is 18.1. The molecule has 4 heterocycles. The van der Waals surface area contributed by atoms with Crippen LogP contribution in [0.5, 0.6) is 0 Å². The molecule has 2 aliphatic rings. The van der Waals surface area contributed by atoms with E-state index in [1.54, 1.807) is 42.5 Å². The van der Waals surface area contributed by atoms with Gasteiger partial charge in [0.2, 0.25) is 0 Å². The zero-order valence-electron chi connectivity index (χ0n) is 21.7. The van der Waals surface area contributed by atoms with E-state index < -0.39 is 20.6 Å². The molecule has 2 fully saturated rings. The molecule has 5 rings (SSSR count). The van der Waals surface area contributed by atoms with Gasteiger partial charge in [-0.1, -0.05) is 12.8 Å². The standard InChI is InChI=1S/C25H32N8O4S/c1-17-16-37-11-10-33(17)22-12-20(25(38(3,35)36)8-4-5-9-25)29-23(31-22)18-6-7-21(26-13-18)30-24(34)28-19-14-27-32(2)15-19/h6-7,12-15,17H,4-5,8-11,16H2,1-3H3,(H2,26,28,30,34)/t17-/m0/s1. The fraction of sp³-hybridized carbons (Fsp3) is 0.480. The summed E-state index contributed by atoms with van der Waals surface area (Å²) in [5, 5.41) is 9.40. The molecule has 3 aromatic rings. The van der Waals surface area contributed by atoms with Crippen LogP contribution in [0.15, 0.2) is 36.8 Å². The second kappa shape index (κ2) is 10.3. The molecule has 2 amide bonds. The number of urea groups is 1. The second-order valence-electron chi connectivity index (χ2n) is 9.94. The molecule has 0 spiro atoms. The van der Waals surface area contributed by atoms with Crippen molar-refractivity contribution in [1.82, 2.24) is 24.7 Å². The number of hydrogen-bond acceptors (Lipinski definition) is 9. The minimum Gasteiger partial charge on any atom is -0.377 e. The van der Waals surface area contributed by atoms with Gasteiger partial charge in [0, 0.05) is 43.9 Å². The number of nitrogens with one attached hydrogen (secondary N) is 2. The quantitative estimate of drug-likeness (QED) is 0.482. The van der Waals surface area contributed by atoms with Gasteiger partial charge in [-0.25, -0.2) is 28.2 Å². The smallest absolute Gasteiger partial charge is 0.324 e. The second-order valence-corrected chi connectivity index (χ2v) is 12.3. The van der Waals surface area contributed by atoms with Crippen molar-refractivity contribution >= 4 is 33.2 Å². The highest BCUT2D eigenvalue weighted by atomic mass is 32.2. The Morgan fingerprint density at radius 1 is 1.16 bits per heavy atom. The van der Waals surface area contributed by atoms with Crippen molar-refractivity contribution in [2.75, 3.05) is 41.5 Å². The van der Waals surface area contributed by atoms with E-state index in [1.165, 1.54) is 6.26 Å². The zero-order chi connectivity index (χ0) is 26.9. The summed E-state index contributed by atoms with van der Waals surface area (Å²) in [5.74, 6) is 1.41. The Morgan fingerprint density at radius 3 is 2.58 bits per heavy atom. The number of sulfone groups is 1. The maximum atomic E-state index is 13.1. The van der Waals surface area contributed by atoms with Crippen LogP contribution in [0.3, 0.4) is 0 Å². The first kappa shape index (κ1) is 26.0. The van der Waals surface area contributed by atoms with Crippen LogP contribution in [0.1, 0.15) is 38.3 Å². The van der Waals surface area contributed by atoms with E-state index >= 15 is 0 Å². The van der Waals surface area contributed by atoms with E-state index in [-0.39, 0.29) is 6.04 Å². The number of aryl methyl sites for hydroxylation is 1. The summed E-state index contributed by atoms with van der Waals surface area (Å²) in [6.45, 7) is 3.84. The summed E-state index contributed by atoms with van der Waals surface area (Å²) in [4.78, 5) is 28.4. The molecule has 1 saturated heterocycles. The Hall–Kier alpha value is -3.58. The van der Waals surface area contributed by atoms with Gasteiger partial charge in [-0.3, -0.25) is 10.00 Å². The molecule has 13 heteroatoms. The Balaban J connectivity index is 1.47. The lowest BCUT2D eigenvalue weighted by molar-refractivity contribution is 0.0985. The van der Waals surface area contributed by atoms with Crippen LogP contribution in [0, 0.1) is 0 Å². The van der Waals surface area contributed by atoms with Gasteiger partial charge in [-0.05, 0) is 31.9 Å². The molecule has 0 radical (unpaired) electrons. The number of carbonyl (C=O) groups is 1. The summed E-state index contributed by atoms with van der Waals surface area (Å²) in [5.41, 5.74) is 1.70. The molecule has 1 atom stereocenters. The molecule has 202 valence electrons. The van der Waals surface area contributed by atoms with Crippen molar-refractivity contribution in [3.05, 3.63) is 42.5 Å². The maximum Gasteiger partial charge on any atom is 0.324 e. The molecule has 0 unspecified atom stereocenters. The maximum absolute atomic E-state index is 13.1. The van der Waals surface area contributed by atoms with Gasteiger partial charge >= 0.3 is 6.03 Å². The lowest BCUT2D eigenvalue weighted by atomic mass is 10.0. The molecule has 0 aromatic carbocycles. The van der Waals surface area contributed by atoms with Crippen LogP contribution < -0.4 is 15.5 Å². The molecule has 12 nitrogen and oxygen atoms in total. The van der Waals surface area contributed by atoms with Gasteiger partial charge in [0.25, 0.3) is 0 Å². The van der Waals surface area contributed by atoms with E-state index in [9.17, 15) is 13.2 Å². The SMILES string of the molecule is C[C@H]1COCCN1c1cc(C2(S(C)(=O)=O)CCCC2)nc(-c2ccc(NC(=O)Nc3cnn(C)c3)nc2)n1. The first-order valence-electron chi connectivity index (χ1n) is 12.6. The van der Waals surface area contributed by atoms with Gasteiger partial charge in [0.1, 0.15) is 16.4 Å². The van der Waals surface area contributed by atoms with Crippen molar-refractivity contribution in [3.8, 4) is 11.4 Å². The number of hydrogen-bond donors (Lipinski definition) is 2. The minimum absolute atomic E-state index is 0.0835. The van der Waals surface area contributed by atoms with Gasteiger partial charge in [0.05, 0.1) is 36.8 Å². The van der Waals surface area contributed by atoms with Gasteiger partial charge in [-0.2, -0.15) is 5.10 Å². The summed E-state index contributed by atoms with van der Waals surface area (Å²) in [6.07, 6.45) is 8.84. The number of pyridine rings is 1. The van der Waals surface area contributed by atoms with Crippen LogP contribution in [0.2, 0.25) is 0 Å². The van der Waals surface area contributed by atoms with Crippen LogP contribution in [0.25, 0.3) is 11.4 Å². The largest absolute Gasteiger partial charge is 0.377 e. The number of amides is 2. The predicted molar refractivity (Wildman–Crippen MR) is 144 cm³/mol. The highest BCUT2D eigenvalue weighted by Crippen LogP contribution is 2.45. The molecule has 3 aromatic heterocycles. The third-order valence-corrected chi connectivity index (χ3v) is 9.23. The highest BCUT2D eigenvalue weighted by molar-refractivity contribution is 7.91. The number of nitrogens with zero attached hydrogens (tertiary/aromatic N) is 6. The Morgan fingerprint density at radius 2 is 1.95 bits per heavy atom. The normalized spacial score (nSPS) is 19.3. The number of carbonyl (C=O) groups excluding carboxylic acids is 1. The lowest BCUT2D eigenvalue weighted by Gasteiger charge is -2.35. The fourth-order valence-electron chi connectivity index (χ4n) is 5.14. The predicted octanol–water partition coefficient (Wildman–Crippen LogP) is 2.96. The third-order valence-electron chi connectivity index (χ3n) is 7.19. The Labute approximate surface area is 221 Å². The minimum atomic E-state index is -3.43. The summed E-state index contributed by atoms with van der Waals surface area (Å²) >= 11 is 0. The lowest BCUT2D eigenvalue weighted by Crippen LogP contribution is -2.44. The number of rotatable bonds is 6. The summed E-state index contributed by atoms with van der Waals surface area (Å²) in [7, 11) is -1.67. The van der Waals surface area contributed by atoms with Crippen molar-refractivity contribution in [2.24, 2.45) is 7.05 Å². The van der Waals surface area contributed by atoms with Gasteiger partial charge in [-0.15, -0.1) is 0 Å². The molecular formula is C25H32N8O4S. The van der Waals surface area contributed by atoms with E-state index in [0.717, 1.165) is 12.8 Å². The van der Waals surface area contributed by atoms with Crippen LogP contribution in [-0.4, -0.2) is 71.2 Å². The molecule has 1 aliphatic carbocycles. The van der Waals surface area contributed by atoms with E-state index in [4.69, 9.17) is 14.7 Å².